The van der Waals surface area contributed by atoms with Gasteiger partial charge in [0.2, 0.25) is 32.4 Å². The molecule has 7 rings (SSSR count). The molecule has 2 aliphatic heterocycles. The Labute approximate surface area is 500 Å². The maximum atomic E-state index is 14.4. The van der Waals surface area contributed by atoms with Gasteiger partial charge in [-0.2, -0.15) is 0 Å². The van der Waals surface area contributed by atoms with E-state index in [1.807, 2.05) is 44.2 Å². The van der Waals surface area contributed by atoms with Gasteiger partial charge in [-0.1, -0.05) is 55.8 Å². The van der Waals surface area contributed by atoms with Gasteiger partial charge in [0.05, 0.1) is 29.0 Å². The molecule has 0 fully saturated rings. The van der Waals surface area contributed by atoms with E-state index >= 15 is 0 Å². The molecule has 2 amide bonds. The number of esters is 1. The lowest BCUT2D eigenvalue weighted by Gasteiger charge is -2.35. The van der Waals surface area contributed by atoms with E-state index in [2.05, 4.69) is 15.3 Å². The number of hydrogen-bond acceptors (Lipinski definition) is 19. The van der Waals surface area contributed by atoms with Crippen molar-refractivity contribution in [3.63, 3.8) is 0 Å². The average molecular weight is 1200 g/mol. The van der Waals surface area contributed by atoms with Crippen molar-refractivity contribution in [1.29, 1.82) is 0 Å². The number of para-hydroxylation sites is 1. The van der Waals surface area contributed by atoms with Crippen LogP contribution in [-0.4, -0.2) is 126 Å². The van der Waals surface area contributed by atoms with Crippen molar-refractivity contribution in [2.75, 3.05) is 51.1 Å². The Kier molecular flexibility index (Phi) is 23.7. The second kappa shape index (κ2) is 31.0. The fraction of sp³-hybridized carbons (Fsp3) is 0.476. The first kappa shape index (κ1) is 65.7. The number of nitrogens with one attached hydrogen (secondary N) is 1. The van der Waals surface area contributed by atoms with Gasteiger partial charge in [-0.05, 0) is 107 Å². The van der Waals surface area contributed by atoms with E-state index in [4.69, 9.17) is 34.4 Å². The number of ketones is 3. The Bertz CT molecular complexity index is 3480. The molecule has 5 heterocycles. The van der Waals surface area contributed by atoms with Crippen molar-refractivity contribution < 1.29 is 65.7 Å². The van der Waals surface area contributed by atoms with Crippen LogP contribution >= 0.6 is 0 Å². The molecule has 0 spiro atoms. The zero-order valence-corrected chi connectivity index (χ0v) is 50.4. The van der Waals surface area contributed by atoms with Crippen LogP contribution in [0.5, 0.6) is 0 Å². The summed E-state index contributed by atoms with van der Waals surface area (Å²) in [4.78, 5) is 120. The minimum atomic E-state index is -3.47. The van der Waals surface area contributed by atoms with E-state index in [0.717, 1.165) is 22.8 Å². The van der Waals surface area contributed by atoms with Gasteiger partial charge in [0.15, 0.2) is 11.6 Å². The Morgan fingerprint density at radius 1 is 0.884 bits per heavy atom. The number of unbranched alkanes of at least 4 members (excludes halogenated alkanes) is 2. The van der Waals surface area contributed by atoms with Crippen LogP contribution in [0, 0.1) is 5.92 Å². The van der Waals surface area contributed by atoms with E-state index in [1.165, 1.54) is 12.4 Å². The SMILES string of the molecule is CC[C@@]1(OC(=O)OCc2ccc(NC(=O)[C@H](CCCCN)CC(=O)COCC(=O)CCCOCCCC(=O)CCC/C=C/c3cnc(S(C)(=O)=O)nc3)cc2)C(=O)OCc2c1cc1n(c2=O)Cc2c-1nc1ccccc1c2CCN(C(C)=O)C(C)C. The van der Waals surface area contributed by atoms with Gasteiger partial charge in [-0.25, -0.2) is 33.0 Å². The summed E-state index contributed by atoms with van der Waals surface area (Å²) >= 11 is 0. The highest BCUT2D eigenvalue weighted by Gasteiger charge is 2.51. The van der Waals surface area contributed by atoms with Crippen LogP contribution in [0.2, 0.25) is 0 Å². The van der Waals surface area contributed by atoms with Crippen molar-refractivity contribution in [3.8, 4) is 11.4 Å². The zero-order chi connectivity index (χ0) is 62.0. The molecule has 460 valence electrons. The molecule has 22 nitrogen and oxygen atoms in total. The molecule has 86 heavy (non-hydrogen) atoms. The number of pyridine rings is 2. The number of ether oxygens (including phenoxy) is 5. The summed E-state index contributed by atoms with van der Waals surface area (Å²) in [5.41, 5.74) is 8.72. The van der Waals surface area contributed by atoms with Crippen molar-refractivity contribution in [1.82, 2.24) is 24.4 Å². The van der Waals surface area contributed by atoms with E-state index in [0.29, 0.717) is 124 Å². The molecule has 2 atom stereocenters. The van der Waals surface area contributed by atoms with Crippen LogP contribution in [0.3, 0.4) is 0 Å². The smallest absolute Gasteiger partial charge is 0.457 e. The van der Waals surface area contributed by atoms with Gasteiger partial charge in [-0.15, -0.1) is 0 Å². The quantitative estimate of drug-likeness (QED) is 0.0222. The summed E-state index contributed by atoms with van der Waals surface area (Å²) in [7, 11) is -3.47. The number of nitrogens with zero attached hydrogens (tertiary/aromatic N) is 5. The van der Waals surface area contributed by atoms with Crippen LogP contribution in [0.15, 0.2) is 83.0 Å². The van der Waals surface area contributed by atoms with Gasteiger partial charge in [0.1, 0.15) is 32.2 Å². The van der Waals surface area contributed by atoms with Gasteiger partial charge >= 0.3 is 12.1 Å². The molecule has 3 aromatic heterocycles. The number of carbonyl (C=O) groups is 7. The lowest BCUT2D eigenvalue weighted by atomic mass is 9.85. The number of anilines is 1. The Morgan fingerprint density at radius 3 is 2.27 bits per heavy atom. The Morgan fingerprint density at radius 2 is 1.58 bits per heavy atom. The number of fused-ring (bicyclic) bond motifs is 5. The number of rotatable bonds is 34. The normalized spacial score (nSPS) is 14.8. The number of allylic oxidation sites excluding steroid dienone is 1. The summed E-state index contributed by atoms with van der Waals surface area (Å²) in [6.07, 6.45) is 11.6. The third kappa shape index (κ3) is 17.4. The fourth-order valence-electron chi connectivity index (χ4n) is 10.6. The van der Waals surface area contributed by atoms with Crippen LogP contribution in [0.4, 0.5) is 10.5 Å². The van der Waals surface area contributed by atoms with Crippen molar-refractivity contribution >= 4 is 73.8 Å². The van der Waals surface area contributed by atoms with Gasteiger partial charge < -0.3 is 44.2 Å². The predicted molar refractivity (Wildman–Crippen MR) is 319 cm³/mol. The van der Waals surface area contributed by atoms with E-state index in [-0.39, 0.29) is 97.8 Å². The molecule has 0 saturated heterocycles. The van der Waals surface area contributed by atoms with Gasteiger partial charge in [0.25, 0.3) is 5.56 Å². The molecule has 2 aromatic carbocycles. The lowest BCUT2D eigenvalue weighted by Crippen LogP contribution is -2.47. The monoisotopic (exact) mass is 1200 g/mol. The van der Waals surface area contributed by atoms with E-state index < -0.39 is 44.9 Å². The molecule has 0 saturated carbocycles. The number of hydrogen-bond donors (Lipinski definition) is 2. The number of aromatic nitrogens is 4. The number of benzene rings is 2. The van der Waals surface area contributed by atoms with Gasteiger partial charge in [0, 0.05) is 111 Å². The second-order valence-electron chi connectivity index (χ2n) is 21.9. The molecule has 3 N–H and O–H groups in total. The lowest BCUT2D eigenvalue weighted by molar-refractivity contribution is -0.175. The third-order valence-corrected chi connectivity index (χ3v) is 16.0. The van der Waals surface area contributed by atoms with Crippen LogP contribution in [0.1, 0.15) is 138 Å². The topological polar surface area (TPSA) is 302 Å². The molecule has 0 unspecified atom stereocenters. The minimum Gasteiger partial charge on any atom is -0.457 e. The summed E-state index contributed by atoms with van der Waals surface area (Å²) in [5, 5.41) is 3.53. The summed E-state index contributed by atoms with van der Waals surface area (Å²) in [5.74, 6) is -2.44. The first-order valence-corrected chi connectivity index (χ1v) is 31.1. The highest BCUT2D eigenvalue weighted by Crippen LogP contribution is 2.42. The number of Topliss-reactive ketones (excluding diaryl/α,β-unsaturated/α-hetero) is 3. The maximum Gasteiger partial charge on any atom is 0.510 e. The minimum absolute atomic E-state index is 0.0204. The maximum absolute atomic E-state index is 14.4. The molecule has 0 aliphatic carbocycles. The number of carbonyl (C=O) groups excluding carboxylic acids is 7. The molecule has 23 heteroatoms. The zero-order valence-electron chi connectivity index (χ0n) is 49.6. The van der Waals surface area contributed by atoms with Crippen molar-refractivity contribution in [3.05, 3.63) is 117 Å². The van der Waals surface area contributed by atoms with Crippen molar-refractivity contribution in [2.24, 2.45) is 11.7 Å². The number of sulfone groups is 1. The average Bonchev–Trinajstić information content (AvgIpc) is 1.47. The first-order valence-electron chi connectivity index (χ1n) is 29.2. The number of cyclic esters (lactones) is 1. The van der Waals surface area contributed by atoms with Crippen LogP contribution < -0.4 is 16.6 Å². The number of amides is 2. The predicted octanol–water partition coefficient (Wildman–Crippen LogP) is 7.69. The van der Waals surface area contributed by atoms with Crippen LogP contribution in [0.25, 0.3) is 28.4 Å². The molecule has 2 aliphatic rings. The highest BCUT2D eigenvalue weighted by molar-refractivity contribution is 7.90. The third-order valence-electron chi connectivity index (χ3n) is 15.1. The molecular formula is C63H77N7O15S. The molecular weight excluding hydrogens is 1130 g/mol. The second-order valence-corrected chi connectivity index (χ2v) is 23.8. The largest absolute Gasteiger partial charge is 0.510 e. The summed E-state index contributed by atoms with van der Waals surface area (Å²) < 4.78 is 52.6. The number of nitrogens with two attached hydrogens (primary N) is 1. The van der Waals surface area contributed by atoms with Crippen molar-refractivity contribution in [2.45, 2.75) is 148 Å². The Balaban J connectivity index is 0.840. The summed E-state index contributed by atoms with van der Waals surface area (Å²) in [6.45, 7) is 7.65. The first-order chi connectivity index (χ1) is 41.2. The van der Waals surface area contributed by atoms with Gasteiger partial charge in [-0.3, -0.25) is 28.8 Å². The standard InChI is InChI=1S/C63H77N7O15S/c1-6-63(54-33-56-57-52(36-70(56)59(76)53(54)40-83-60(63)77)50(27-29-69(41(2)3)42(4)71)51-21-10-11-22-55(51)68-57)85-62(78)84-37-43-23-25-46(26-24-43)67-58(75)45(17-12-13-28-64)32-49(74)39-82-38-48(73)20-15-31-81-30-14-19-47(72)18-9-7-8-16-44-34-65-61(66-35-44)86(5,79)80/h8,10-11,16,21-26,33-35,41,45H,6-7,9,12-15,17-20,27-32,36-40,64H2,1-5H3,(H,67,75)/b16-8+/t45-,63+/m1/s1. The molecule has 0 radical (unpaired) electrons. The van der Waals surface area contributed by atoms with E-state index in [9.17, 15) is 46.8 Å². The molecule has 0 bridgehead atoms. The highest BCUT2D eigenvalue weighted by atomic mass is 32.2. The van der Waals surface area contributed by atoms with Crippen LogP contribution in [-0.2, 0) is 94.1 Å². The Hall–Kier alpha value is -7.86. The molecule has 5 aromatic rings. The fourth-order valence-corrected chi connectivity index (χ4v) is 11.1. The summed E-state index contributed by atoms with van der Waals surface area (Å²) in [6, 6.07) is 15.8. The van der Waals surface area contributed by atoms with E-state index in [1.54, 1.807) is 59.7 Å².